The summed E-state index contributed by atoms with van der Waals surface area (Å²) in [6, 6.07) is 4.98. The standard InChI is InChI=1S/C18H20FN3O2S2/c1-11(2)24-8-4-7-20-14(23)9-25-18-17-16(21-10-22-18)15-12(19)5-3-6-13(15)26-17/h3,5-6,10-11H,4,7-9H2,1-2H3,(H,20,23). The SMILES string of the molecule is CC(C)OCCCNC(=O)CSc1ncnc2c1sc1cccc(F)c12. The molecule has 0 aliphatic rings. The molecule has 0 fully saturated rings. The molecule has 1 amide bonds. The van der Waals surface area contributed by atoms with E-state index in [2.05, 4.69) is 15.3 Å². The number of nitrogens with zero attached hydrogens (tertiary/aromatic N) is 2. The van der Waals surface area contributed by atoms with E-state index in [9.17, 15) is 9.18 Å². The van der Waals surface area contributed by atoms with Crippen LogP contribution in [0.15, 0.2) is 29.6 Å². The average molecular weight is 394 g/mol. The van der Waals surface area contributed by atoms with Crippen molar-refractivity contribution in [2.24, 2.45) is 0 Å². The maximum atomic E-state index is 14.1. The van der Waals surface area contributed by atoms with Gasteiger partial charge in [0.15, 0.2) is 0 Å². The van der Waals surface area contributed by atoms with Gasteiger partial charge in [-0.2, -0.15) is 0 Å². The lowest BCUT2D eigenvalue weighted by Gasteiger charge is -2.08. The molecule has 3 aromatic rings. The van der Waals surface area contributed by atoms with Crippen LogP contribution in [0.25, 0.3) is 20.3 Å². The number of thioether (sulfide) groups is 1. The van der Waals surface area contributed by atoms with Crippen LogP contribution >= 0.6 is 23.1 Å². The third-order valence-corrected chi connectivity index (χ3v) is 5.90. The lowest BCUT2D eigenvalue weighted by atomic mass is 10.2. The van der Waals surface area contributed by atoms with Gasteiger partial charge in [-0.1, -0.05) is 17.8 Å². The van der Waals surface area contributed by atoms with E-state index in [0.717, 1.165) is 15.8 Å². The fraction of sp³-hybridized carbons (Fsp3) is 0.389. The van der Waals surface area contributed by atoms with Gasteiger partial charge in [-0.15, -0.1) is 11.3 Å². The summed E-state index contributed by atoms with van der Waals surface area (Å²) < 4.78 is 21.2. The molecule has 1 N–H and O–H groups in total. The zero-order valence-electron chi connectivity index (χ0n) is 14.6. The molecule has 0 saturated carbocycles. The number of benzene rings is 1. The molecule has 26 heavy (non-hydrogen) atoms. The average Bonchev–Trinajstić information content (AvgIpc) is 2.99. The fourth-order valence-electron chi connectivity index (χ4n) is 2.46. The predicted molar refractivity (Wildman–Crippen MR) is 104 cm³/mol. The Morgan fingerprint density at radius 1 is 1.38 bits per heavy atom. The molecule has 8 heteroatoms. The molecule has 2 heterocycles. The first kappa shape index (κ1) is 19.0. The molecule has 138 valence electrons. The maximum absolute atomic E-state index is 14.1. The number of rotatable bonds is 8. The lowest BCUT2D eigenvalue weighted by molar-refractivity contribution is -0.118. The van der Waals surface area contributed by atoms with Crippen LogP contribution < -0.4 is 5.32 Å². The number of aromatic nitrogens is 2. The van der Waals surface area contributed by atoms with Crippen molar-refractivity contribution in [2.75, 3.05) is 18.9 Å². The van der Waals surface area contributed by atoms with Crippen molar-refractivity contribution < 1.29 is 13.9 Å². The Morgan fingerprint density at radius 2 is 2.23 bits per heavy atom. The molecule has 0 atom stereocenters. The summed E-state index contributed by atoms with van der Waals surface area (Å²) in [5.74, 6) is -0.0863. The van der Waals surface area contributed by atoms with E-state index < -0.39 is 0 Å². The summed E-state index contributed by atoms with van der Waals surface area (Å²) in [4.78, 5) is 20.5. The highest BCUT2D eigenvalue weighted by molar-refractivity contribution is 8.00. The molecule has 0 unspecified atom stereocenters. The Balaban J connectivity index is 1.62. The molecule has 0 aliphatic heterocycles. The van der Waals surface area contributed by atoms with Gasteiger partial charge < -0.3 is 10.1 Å². The number of thiophene rings is 1. The smallest absolute Gasteiger partial charge is 0.230 e. The van der Waals surface area contributed by atoms with E-state index in [1.165, 1.54) is 35.5 Å². The van der Waals surface area contributed by atoms with Crippen LogP contribution in [0, 0.1) is 5.82 Å². The lowest BCUT2D eigenvalue weighted by Crippen LogP contribution is -2.27. The Morgan fingerprint density at radius 3 is 3.04 bits per heavy atom. The van der Waals surface area contributed by atoms with E-state index in [-0.39, 0.29) is 23.6 Å². The highest BCUT2D eigenvalue weighted by Crippen LogP contribution is 2.38. The van der Waals surface area contributed by atoms with Crippen molar-refractivity contribution in [1.29, 1.82) is 0 Å². The molecule has 0 radical (unpaired) electrons. The van der Waals surface area contributed by atoms with E-state index in [0.29, 0.717) is 29.1 Å². The van der Waals surface area contributed by atoms with Crippen molar-refractivity contribution in [3.8, 4) is 0 Å². The zero-order valence-corrected chi connectivity index (χ0v) is 16.3. The molecule has 0 saturated heterocycles. The predicted octanol–water partition coefficient (Wildman–Crippen LogP) is 4.01. The Labute approximate surface area is 159 Å². The summed E-state index contributed by atoms with van der Waals surface area (Å²) in [6.45, 7) is 5.18. The first-order valence-electron chi connectivity index (χ1n) is 8.39. The molecule has 3 rings (SSSR count). The molecular formula is C18H20FN3O2S2. The number of halogens is 1. The quantitative estimate of drug-likeness (QED) is 0.356. The van der Waals surface area contributed by atoms with E-state index in [1.54, 1.807) is 6.07 Å². The Hall–Kier alpha value is -1.77. The number of ether oxygens (including phenoxy) is 1. The molecule has 0 spiro atoms. The van der Waals surface area contributed by atoms with Gasteiger partial charge in [0.1, 0.15) is 17.2 Å². The van der Waals surface area contributed by atoms with Crippen molar-refractivity contribution in [2.45, 2.75) is 31.4 Å². The van der Waals surface area contributed by atoms with Crippen LogP contribution in [0.4, 0.5) is 4.39 Å². The second kappa shape index (κ2) is 8.75. The number of nitrogens with one attached hydrogen (secondary N) is 1. The van der Waals surface area contributed by atoms with E-state index in [1.807, 2.05) is 19.9 Å². The minimum Gasteiger partial charge on any atom is -0.379 e. The van der Waals surface area contributed by atoms with Crippen molar-refractivity contribution >= 4 is 49.3 Å². The number of carbonyl (C=O) groups excluding carboxylic acids is 1. The first-order valence-corrected chi connectivity index (χ1v) is 10.2. The number of hydrogen-bond acceptors (Lipinski definition) is 6. The molecule has 2 aromatic heterocycles. The Kier molecular flexibility index (Phi) is 6.39. The summed E-state index contributed by atoms with van der Waals surface area (Å²) in [5, 5.41) is 4.09. The normalized spacial score (nSPS) is 11.5. The van der Waals surface area contributed by atoms with Gasteiger partial charge in [-0.3, -0.25) is 4.79 Å². The number of fused-ring (bicyclic) bond motifs is 3. The minimum absolute atomic E-state index is 0.0569. The molecule has 5 nitrogen and oxygen atoms in total. The van der Waals surface area contributed by atoms with Gasteiger partial charge >= 0.3 is 0 Å². The van der Waals surface area contributed by atoms with Gasteiger partial charge in [0.25, 0.3) is 0 Å². The minimum atomic E-state index is -0.287. The summed E-state index contributed by atoms with van der Waals surface area (Å²) in [5.41, 5.74) is 0.604. The van der Waals surface area contributed by atoms with Crippen molar-refractivity contribution in [1.82, 2.24) is 15.3 Å². The maximum Gasteiger partial charge on any atom is 0.230 e. The first-order chi connectivity index (χ1) is 12.6. The van der Waals surface area contributed by atoms with Gasteiger partial charge in [-0.25, -0.2) is 14.4 Å². The van der Waals surface area contributed by atoms with Crippen LogP contribution in [0.3, 0.4) is 0 Å². The van der Waals surface area contributed by atoms with Crippen molar-refractivity contribution in [3.05, 3.63) is 30.3 Å². The molecule has 0 aliphatic carbocycles. The van der Waals surface area contributed by atoms with Crippen LogP contribution in [0.5, 0.6) is 0 Å². The number of hydrogen-bond donors (Lipinski definition) is 1. The van der Waals surface area contributed by atoms with E-state index >= 15 is 0 Å². The van der Waals surface area contributed by atoms with E-state index in [4.69, 9.17) is 4.74 Å². The summed E-state index contributed by atoms with van der Waals surface area (Å²) in [7, 11) is 0. The Bertz CT molecular complexity index is 914. The zero-order chi connectivity index (χ0) is 18.5. The second-order valence-electron chi connectivity index (χ2n) is 5.98. The van der Waals surface area contributed by atoms with Gasteiger partial charge in [-0.05, 0) is 32.4 Å². The largest absolute Gasteiger partial charge is 0.379 e. The molecule has 0 bridgehead atoms. The van der Waals surface area contributed by atoms with Crippen molar-refractivity contribution in [3.63, 3.8) is 0 Å². The fourth-order valence-corrected chi connectivity index (χ4v) is 4.54. The van der Waals surface area contributed by atoms with Crippen LogP contribution in [0.1, 0.15) is 20.3 Å². The molecular weight excluding hydrogens is 373 g/mol. The highest BCUT2D eigenvalue weighted by Gasteiger charge is 2.15. The monoisotopic (exact) mass is 393 g/mol. The number of carbonyl (C=O) groups is 1. The van der Waals surface area contributed by atoms with Gasteiger partial charge in [0.05, 0.1) is 27.5 Å². The van der Waals surface area contributed by atoms with Gasteiger partial charge in [0, 0.05) is 17.9 Å². The topological polar surface area (TPSA) is 64.1 Å². The number of amides is 1. The van der Waals surface area contributed by atoms with Gasteiger partial charge in [0.2, 0.25) is 5.91 Å². The third kappa shape index (κ3) is 4.49. The van der Waals surface area contributed by atoms with Crippen LogP contribution in [0.2, 0.25) is 0 Å². The highest BCUT2D eigenvalue weighted by atomic mass is 32.2. The van der Waals surface area contributed by atoms with Crippen LogP contribution in [-0.4, -0.2) is 40.9 Å². The second-order valence-corrected chi connectivity index (χ2v) is 8.00. The van der Waals surface area contributed by atoms with Crippen LogP contribution in [-0.2, 0) is 9.53 Å². The molecule has 1 aromatic carbocycles. The summed E-state index contributed by atoms with van der Waals surface area (Å²) in [6.07, 6.45) is 2.40. The third-order valence-electron chi connectivity index (χ3n) is 3.63. The summed E-state index contributed by atoms with van der Waals surface area (Å²) >= 11 is 2.79.